The topological polar surface area (TPSA) is 49.9 Å². The highest BCUT2D eigenvalue weighted by Gasteiger charge is 2.10. The molecule has 1 N–H and O–H groups in total. The summed E-state index contributed by atoms with van der Waals surface area (Å²) in [5, 5.41) is 16.5. The minimum absolute atomic E-state index is 0.176. The second-order valence-corrected chi connectivity index (χ2v) is 7.47. The number of hydrogen-bond donors (Lipinski definition) is 1. The molecule has 0 spiro atoms. The summed E-state index contributed by atoms with van der Waals surface area (Å²) in [5.41, 5.74) is 2.58. The Kier molecular flexibility index (Phi) is 5.33. The van der Waals surface area contributed by atoms with Crippen molar-refractivity contribution < 1.29 is 5.11 Å². The van der Waals surface area contributed by atoms with E-state index in [0.717, 1.165) is 25.0 Å². The molecule has 7 heteroatoms. The molecular weight excluding hydrogens is 454 g/mol. The van der Waals surface area contributed by atoms with Gasteiger partial charge in [-0.25, -0.2) is 4.68 Å². The second-order valence-electron chi connectivity index (χ2n) is 4.87. The third kappa shape index (κ3) is 3.53. The van der Waals surface area contributed by atoms with Gasteiger partial charge in [-0.3, -0.25) is 4.99 Å². The van der Waals surface area contributed by atoms with Crippen molar-refractivity contribution in [1.82, 2.24) is 4.68 Å². The summed E-state index contributed by atoms with van der Waals surface area (Å²) in [6.45, 7) is 0. The highest BCUT2D eigenvalue weighted by atomic mass is 79.9. The molecule has 0 saturated carbocycles. The standard InChI is InChI=1S/C17H13Br2N3OS/c1-20-17-22(21-9-11-8-12(18)6-7-16(11)23)15(10-24-17)13-4-2-3-5-14(13)19/h2-10,23H,1H3. The summed E-state index contributed by atoms with van der Waals surface area (Å²) in [6, 6.07) is 13.2. The normalized spacial score (nSPS) is 12.2. The van der Waals surface area contributed by atoms with Gasteiger partial charge in [0.1, 0.15) is 5.75 Å². The van der Waals surface area contributed by atoms with E-state index in [2.05, 4.69) is 42.0 Å². The van der Waals surface area contributed by atoms with E-state index in [1.54, 1.807) is 30.1 Å². The number of nitrogens with zero attached hydrogens (tertiary/aromatic N) is 3. The van der Waals surface area contributed by atoms with Crippen LogP contribution in [0.5, 0.6) is 5.75 Å². The maximum atomic E-state index is 9.97. The molecule has 0 radical (unpaired) electrons. The van der Waals surface area contributed by atoms with Gasteiger partial charge in [0.05, 0.1) is 11.9 Å². The zero-order valence-corrected chi connectivity index (χ0v) is 16.6. The second kappa shape index (κ2) is 7.46. The smallest absolute Gasteiger partial charge is 0.205 e. The third-order valence-electron chi connectivity index (χ3n) is 3.33. The van der Waals surface area contributed by atoms with Crippen LogP contribution in [0.2, 0.25) is 0 Å². The van der Waals surface area contributed by atoms with Crippen molar-refractivity contribution in [3.8, 4) is 17.0 Å². The van der Waals surface area contributed by atoms with Gasteiger partial charge >= 0.3 is 0 Å². The van der Waals surface area contributed by atoms with Crippen LogP contribution < -0.4 is 4.80 Å². The molecule has 0 saturated heterocycles. The zero-order valence-electron chi connectivity index (χ0n) is 12.6. The number of phenolic OH excluding ortho intramolecular Hbond substituents is 1. The van der Waals surface area contributed by atoms with Crippen LogP contribution in [0.15, 0.2) is 66.9 Å². The zero-order chi connectivity index (χ0) is 17.1. The van der Waals surface area contributed by atoms with Crippen molar-refractivity contribution >= 4 is 49.4 Å². The predicted octanol–water partition coefficient (Wildman–Crippen LogP) is 4.86. The summed E-state index contributed by atoms with van der Waals surface area (Å²) in [7, 11) is 1.73. The van der Waals surface area contributed by atoms with Gasteiger partial charge in [0, 0.05) is 32.5 Å². The number of rotatable bonds is 3. The van der Waals surface area contributed by atoms with Crippen LogP contribution >= 0.6 is 43.2 Å². The maximum Gasteiger partial charge on any atom is 0.205 e. The van der Waals surface area contributed by atoms with Crippen molar-refractivity contribution in [3.63, 3.8) is 0 Å². The molecule has 0 fully saturated rings. The van der Waals surface area contributed by atoms with E-state index in [9.17, 15) is 5.11 Å². The van der Waals surface area contributed by atoms with Crippen molar-refractivity contribution in [2.45, 2.75) is 0 Å². The van der Waals surface area contributed by atoms with E-state index in [4.69, 9.17) is 0 Å². The molecule has 24 heavy (non-hydrogen) atoms. The Morgan fingerprint density at radius 3 is 2.71 bits per heavy atom. The Bertz CT molecular complexity index is 976. The minimum Gasteiger partial charge on any atom is -0.507 e. The average Bonchev–Trinajstić information content (AvgIpc) is 2.99. The van der Waals surface area contributed by atoms with Gasteiger partial charge in [-0.2, -0.15) is 5.10 Å². The summed E-state index contributed by atoms with van der Waals surface area (Å²) >= 11 is 8.49. The molecule has 3 aromatic rings. The summed E-state index contributed by atoms with van der Waals surface area (Å²) in [4.78, 5) is 5.05. The predicted molar refractivity (Wildman–Crippen MR) is 106 cm³/mol. The van der Waals surface area contributed by atoms with Crippen LogP contribution in [0.25, 0.3) is 11.3 Å². The van der Waals surface area contributed by atoms with E-state index in [1.165, 1.54) is 11.3 Å². The maximum absolute atomic E-state index is 9.97. The van der Waals surface area contributed by atoms with Crippen LogP contribution in [0.3, 0.4) is 0 Å². The van der Waals surface area contributed by atoms with E-state index in [-0.39, 0.29) is 5.75 Å². The molecule has 1 heterocycles. The van der Waals surface area contributed by atoms with E-state index >= 15 is 0 Å². The quantitative estimate of drug-likeness (QED) is 0.550. The molecule has 0 bridgehead atoms. The summed E-state index contributed by atoms with van der Waals surface area (Å²) in [6.07, 6.45) is 1.63. The molecule has 0 aliphatic heterocycles. The number of aromatic nitrogens is 1. The largest absolute Gasteiger partial charge is 0.507 e. The Labute approximate surface area is 160 Å². The van der Waals surface area contributed by atoms with Gasteiger partial charge < -0.3 is 5.11 Å². The first-order chi connectivity index (χ1) is 11.6. The number of hydrogen-bond acceptors (Lipinski definition) is 4. The molecule has 122 valence electrons. The van der Waals surface area contributed by atoms with Crippen molar-refractivity contribution in [2.24, 2.45) is 10.1 Å². The molecule has 0 aliphatic rings. The van der Waals surface area contributed by atoms with Crippen molar-refractivity contribution in [3.05, 3.63) is 67.2 Å². The highest BCUT2D eigenvalue weighted by Crippen LogP contribution is 2.28. The first-order valence-corrected chi connectivity index (χ1v) is 9.48. The molecule has 1 aromatic heterocycles. The van der Waals surface area contributed by atoms with Gasteiger partial charge in [0.2, 0.25) is 4.80 Å². The van der Waals surface area contributed by atoms with Crippen LogP contribution in [-0.4, -0.2) is 23.0 Å². The molecule has 0 unspecified atom stereocenters. The van der Waals surface area contributed by atoms with Crippen molar-refractivity contribution in [2.75, 3.05) is 7.05 Å². The van der Waals surface area contributed by atoms with Gasteiger partial charge in [0.25, 0.3) is 0 Å². The van der Waals surface area contributed by atoms with Gasteiger partial charge in [-0.05, 0) is 24.3 Å². The molecule has 2 aromatic carbocycles. The van der Waals surface area contributed by atoms with Gasteiger partial charge in [-0.15, -0.1) is 11.3 Å². The Morgan fingerprint density at radius 2 is 1.96 bits per heavy atom. The monoisotopic (exact) mass is 465 g/mol. The Morgan fingerprint density at radius 1 is 1.17 bits per heavy atom. The van der Waals surface area contributed by atoms with E-state index < -0.39 is 0 Å². The molecule has 4 nitrogen and oxygen atoms in total. The third-order valence-corrected chi connectivity index (χ3v) is 5.42. The fourth-order valence-electron chi connectivity index (χ4n) is 2.17. The fourth-order valence-corrected chi connectivity index (χ4v) is 3.83. The number of halogens is 2. The Hall–Kier alpha value is -1.70. The minimum atomic E-state index is 0.176. The van der Waals surface area contributed by atoms with Gasteiger partial charge in [0.15, 0.2) is 0 Å². The van der Waals surface area contributed by atoms with E-state index in [0.29, 0.717) is 5.56 Å². The van der Waals surface area contributed by atoms with Crippen molar-refractivity contribution in [1.29, 1.82) is 0 Å². The first kappa shape index (κ1) is 17.1. The van der Waals surface area contributed by atoms with Crippen LogP contribution in [0.4, 0.5) is 0 Å². The fraction of sp³-hybridized carbons (Fsp3) is 0.0588. The lowest BCUT2D eigenvalue weighted by atomic mass is 10.2. The number of thiazole rings is 1. The van der Waals surface area contributed by atoms with E-state index in [1.807, 2.05) is 35.7 Å². The lowest BCUT2D eigenvalue weighted by Crippen LogP contribution is -2.11. The Balaban J connectivity index is 2.11. The molecule has 0 amide bonds. The van der Waals surface area contributed by atoms with Crippen LogP contribution in [0.1, 0.15) is 5.56 Å². The molecule has 3 rings (SSSR count). The molecule has 0 atom stereocenters. The van der Waals surface area contributed by atoms with Crippen LogP contribution in [-0.2, 0) is 0 Å². The van der Waals surface area contributed by atoms with Crippen LogP contribution in [0, 0.1) is 0 Å². The summed E-state index contributed by atoms with van der Waals surface area (Å²) in [5.74, 6) is 0.176. The lowest BCUT2D eigenvalue weighted by molar-refractivity contribution is 0.474. The summed E-state index contributed by atoms with van der Waals surface area (Å²) < 4.78 is 3.63. The van der Waals surface area contributed by atoms with Gasteiger partial charge in [-0.1, -0.05) is 50.1 Å². The SMILES string of the molecule is CN=c1scc(-c2ccccc2Br)n1N=Cc1cc(Br)ccc1O. The number of aromatic hydroxyl groups is 1. The number of phenols is 1. The number of benzene rings is 2. The first-order valence-electron chi connectivity index (χ1n) is 7.01. The highest BCUT2D eigenvalue weighted by molar-refractivity contribution is 9.10. The molecular formula is C17H13Br2N3OS. The lowest BCUT2D eigenvalue weighted by Gasteiger charge is -2.06. The molecule has 0 aliphatic carbocycles. The average molecular weight is 467 g/mol.